The predicted octanol–water partition coefficient (Wildman–Crippen LogP) is 4.07. The van der Waals surface area contributed by atoms with Crippen LogP contribution in [0.2, 0.25) is 0 Å². The second kappa shape index (κ2) is 8.93. The van der Waals surface area contributed by atoms with Crippen molar-refractivity contribution in [2.24, 2.45) is 5.92 Å². The maximum absolute atomic E-state index is 13.3. The van der Waals surface area contributed by atoms with Crippen LogP contribution in [0.15, 0.2) is 35.0 Å². The first-order chi connectivity index (χ1) is 16.3. The van der Waals surface area contributed by atoms with Crippen LogP contribution >= 0.6 is 0 Å². The lowest BCUT2D eigenvalue weighted by Gasteiger charge is -2.42. The van der Waals surface area contributed by atoms with E-state index in [1.807, 2.05) is 24.3 Å². The highest BCUT2D eigenvalue weighted by Crippen LogP contribution is 2.34. The number of carbonyl (C=O) groups excluding carboxylic acids is 1. The highest BCUT2D eigenvalue weighted by molar-refractivity contribution is 6.05. The molecule has 0 N–H and O–H groups in total. The van der Waals surface area contributed by atoms with E-state index in [9.17, 15) is 4.79 Å². The van der Waals surface area contributed by atoms with E-state index in [1.54, 1.807) is 6.33 Å². The SMILES string of the molecule is O=C(C1CCN(c2ncnc3c2oc2ccccc23)CC1)N1CCN(C2CCCCC2)CC1. The van der Waals surface area contributed by atoms with Gasteiger partial charge in [-0.1, -0.05) is 31.4 Å². The Kier molecular flexibility index (Phi) is 5.66. The molecule has 7 heteroatoms. The molecule has 2 saturated heterocycles. The van der Waals surface area contributed by atoms with Gasteiger partial charge in [-0.2, -0.15) is 0 Å². The van der Waals surface area contributed by atoms with Crippen LogP contribution in [0.25, 0.3) is 22.1 Å². The number of hydrogen-bond donors (Lipinski definition) is 0. The Morgan fingerprint density at radius 3 is 2.42 bits per heavy atom. The second-order valence-corrected chi connectivity index (χ2v) is 9.89. The van der Waals surface area contributed by atoms with E-state index >= 15 is 0 Å². The van der Waals surface area contributed by atoms with Crippen molar-refractivity contribution in [2.75, 3.05) is 44.2 Å². The molecule has 33 heavy (non-hydrogen) atoms. The van der Waals surface area contributed by atoms with Gasteiger partial charge in [0.05, 0.1) is 0 Å². The summed E-state index contributed by atoms with van der Waals surface area (Å²) in [6.07, 6.45) is 10.2. The quantitative estimate of drug-likeness (QED) is 0.603. The lowest BCUT2D eigenvalue weighted by Crippen LogP contribution is -2.54. The van der Waals surface area contributed by atoms with Crippen LogP contribution in [0.5, 0.6) is 0 Å². The van der Waals surface area contributed by atoms with Crippen molar-refractivity contribution in [3.8, 4) is 0 Å². The summed E-state index contributed by atoms with van der Waals surface area (Å²) in [6.45, 7) is 5.51. The molecular weight excluding hydrogens is 414 g/mol. The number of amides is 1. The van der Waals surface area contributed by atoms with Crippen LogP contribution in [-0.4, -0.2) is 71.0 Å². The number of piperidine rings is 1. The topological polar surface area (TPSA) is 65.7 Å². The van der Waals surface area contributed by atoms with E-state index in [0.717, 1.165) is 86.0 Å². The Morgan fingerprint density at radius 2 is 1.64 bits per heavy atom. The number of carbonyl (C=O) groups is 1. The Hall–Kier alpha value is -2.67. The van der Waals surface area contributed by atoms with E-state index in [-0.39, 0.29) is 5.92 Å². The van der Waals surface area contributed by atoms with Crippen LogP contribution < -0.4 is 4.90 Å². The molecule has 7 nitrogen and oxygen atoms in total. The molecule has 0 unspecified atom stereocenters. The maximum atomic E-state index is 13.3. The maximum Gasteiger partial charge on any atom is 0.225 e. The summed E-state index contributed by atoms with van der Waals surface area (Å²) in [5.74, 6) is 1.33. The third kappa shape index (κ3) is 3.97. The van der Waals surface area contributed by atoms with Crippen molar-refractivity contribution < 1.29 is 9.21 Å². The number of nitrogens with zero attached hydrogens (tertiary/aromatic N) is 5. The third-order valence-electron chi connectivity index (χ3n) is 8.00. The van der Waals surface area contributed by atoms with Crippen molar-refractivity contribution in [2.45, 2.75) is 51.0 Å². The smallest absolute Gasteiger partial charge is 0.225 e. The average Bonchev–Trinajstić information content (AvgIpc) is 3.28. The molecule has 4 heterocycles. The fourth-order valence-electron chi connectivity index (χ4n) is 6.09. The predicted molar refractivity (Wildman–Crippen MR) is 129 cm³/mol. The van der Waals surface area contributed by atoms with Crippen LogP contribution in [0.1, 0.15) is 44.9 Å². The second-order valence-electron chi connectivity index (χ2n) is 9.89. The number of benzene rings is 1. The molecule has 174 valence electrons. The first-order valence-electron chi connectivity index (χ1n) is 12.7. The highest BCUT2D eigenvalue weighted by Gasteiger charge is 2.33. The molecule has 1 amide bonds. The number of hydrogen-bond acceptors (Lipinski definition) is 6. The number of fused-ring (bicyclic) bond motifs is 3. The number of rotatable bonds is 3. The number of aromatic nitrogens is 2. The Bertz CT molecular complexity index is 1120. The molecule has 1 aliphatic carbocycles. The van der Waals surface area contributed by atoms with Crippen molar-refractivity contribution in [1.82, 2.24) is 19.8 Å². The van der Waals surface area contributed by atoms with Crippen molar-refractivity contribution in [3.05, 3.63) is 30.6 Å². The summed E-state index contributed by atoms with van der Waals surface area (Å²) >= 11 is 0. The van der Waals surface area contributed by atoms with Crippen LogP contribution in [0.4, 0.5) is 5.82 Å². The van der Waals surface area contributed by atoms with E-state index in [1.165, 1.54) is 32.1 Å². The standard InChI is InChI=1S/C26H33N5O2/c32-26(31-16-14-29(15-17-31)20-6-2-1-3-7-20)19-10-12-30(13-11-19)25-24-23(27-18-28-25)21-8-4-5-9-22(21)33-24/h4-5,8-9,18-20H,1-3,6-7,10-17H2. The largest absolute Gasteiger partial charge is 0.450 e. The zero-order valence-electron chi connectivity index (χ0n) is 19.3. The zero-order valence-corrected chi connectivity index (χ0v) is 19.3. The molecule has 0 spiro atoms. The highest BCUT2D eigenvalue weighted by atomic mass is 16.3. The number of furan rings is 1. The van der Waals surface area contributed by atoms with Crippen molar-refractivity contribution in [1.29, 1.82) is 0 Å². The van der Waals surface area contributed by atoms with Gasteiger partial charge in [-0.25, -0.2) is 9.97 Å². The van der Waals surface area contributed by atoms with Crippen molar-refractivity contribution >= 4 is 33.8 Å². The molecule has 3 aromatic rings. The summed E-state index contributed by atoms with van der Waals surface area (Å²) < 4.78 is 6.12. The zero-order chi connectivity index (χ0) is 22.2. The van der Waals surface area contributed by atoms with E-state index in [2.05, 4.69) is 24.7 Å². The average molecular weight is 448 g/mol. The van der Waals surface area contributed by atoms with E-state index in [4.69, 9.17) is 4.42 Å². The number of piperazine rings is 1. The summed E-state index contributed by atoms with van der Waals surface area (Å²) in [5, 5.41) is 1.02. The number of para-hydroxylation sites is 1. The molecule has 6 rings (SSSR count). The Balaban J connectivity index is 1.08. The van der Waals surface area contributed by atoms with Gasteiger partial charge in [-0.15, -0.1) is 0 Å². The molecule has 0 atom stereocenters. The fraction of sp³-hybridized carbons (Fsp3) is 0.577. The first-order valence-corrected chi connectivity index (χ1v) is 12.7. The fourth-order valence-corrected chi connectivity index (χ4v) is 6.09. The summed E-state index contributed by atoms with van der Waals surface area (Å²) in [4.78, 5) is 29.3. The van der Waals surface area contributed by atoms with Crippen molar-refractivity contribution in [3.63, 3.8) is 0 Å². The summed E-state index contributed by atoms with van der Waals surface area (Å²) in [7, 11) is 0. The molecule has 2 aromatic heterocycles. The van der Waals surface area contributed by atoms with Crippen LogP contribution in [-0.2, 0) is 4.79 Å². The molecule has 1 saturated carbocycles. The van der Waals surface area contributed by atoms with Gasteiger partial charge >= 0.3 is 0 Å². The molecule has 0 bridgehead atoms. The van der Waals surface area contributed by atoms with Gasteiger partial charge in [0.2, 0.25) is 5.91 Å². The van der Waals surface area contributed by atoms with Gasteiger partial charge in [0.15, 0.2) is 11.4 Å². The van der Waals surface area contributed by atoms with E-state index in [0.29, 0.717) is 5.91 Å². The Morgan fingerprint density at radius 1 is 0.879 bits per heavy atom. The molecule has 3 fully saturated rings. The van der Waals surface area contributed by atoms with Gasteiger partial charge in [-0.3, -0.25) is 9.69 Å². The Labute approximate surface area is 194 Å². The van der Waals surface area contributed by atoms with Gasteiger partial charge in [0, 0.05) is 56.6 Å². The normalized spacial score (nSPS) is 21.8. The summed E-state index contributed by atoms with van der Waals surface area (Å²) in [5.41, 5.74) is 2.46. The lowest BCUT2D eigenvalue weighted by molar-refractivity contribution is -0.138. The van der Waals surface area contributed by atoms with Gasteiger partial charge in [0.25, 0.3) is 0 Å². The van der Waals surface area contributed by atoms with E-state index < -0.39 is 0 Å². The minimum absolute atomic E-state index is 0.121. The summed E-state index contributed by atoms with van der Waals surface area (Å²) in [6, 6.07) is 8.74. The first kappa shape index (κ1) is 20.9. The molecular formula is C26H33N5O2. The molecule has 3 aliphatic rings. The molecule has 2 aliphatic heterocycles. The minimum Gasteiger partial charge on any atom is -0.450 e. The van der Waals surface area contributed by atoms with Gasteiger partial charge in [-0.05, 0) is 37.8 Å². The monoisotopic (exact) mass is 447 g/mol. The minimum atomic E-state index is 0.121. The van der Waals surface area contributed by atoms with Crippen LogP contribution in [0.3, 0.4) is 0 Å². The third-order valence-corrected chi connectivity index (χ3v) is 8.00. The van der Waals surface area contributed by atoms with Gasteiger partial charge < -0.3 is 14.2 Å². The lowest BCUT2D eigenvalue weighted by atomic mass is 9.93. The molecule has 0 radical (unpaired) electrons. The molecule has 1 aromatic carbocycles. The van der Waals surface area contributed by atoms with Crippen LogP contribution in [0, 0.1) is 5.92 Å². The number of anilines is 1. The van der Waals surface area contributed by atoms with Gasteiger partial charge in [0.1, 0.15) is 17.4 Å².